The summed E-state index contributed by atoms with van der Waals surface area (Å²) in [4.78, 5) is 25.6. The number of anilines is 1. The lowest BCUT2D eigenvalue weighted by Crippen LogP contribution is -2.25. The van der Waals surface area contributed by atoms with Crippen molar-refractivity contribution >= 4 is 17.5 Å². The highest BCUT2D eigenvalue weighted by Gasteiger charge is 2.21. The Morgan fingerprint density at radius 3 is 2.36 bits per heavy atom. The van der Waals surface area contributed by atoms with Gasteiger partial charge in [-0.2, -0.15) is 0 Å². The Morgan fingerprint density at radius 2 is 1.76 bits per heavy atom. The Balaban J connectivity index is 1.50. The molecule has 1 N–H and O–H groups in total. The van der Waals surface area contributed by atoms with Crippen LogP contribution < -0.4 is 15.0 Å². The van der Waals surface area contributed by atoms with E-state index in [1.165, 1.54) is 0 Å². The van der Waals surface area contributed by atoms with E-state index < -0.39 is 0 Å². The number of hydrogen-bond donors (Lipinski definition) is 1. The van der Waals surface area contributed by atoms with Gasteiger partial charge in [-0.25, -0.2) is 0 Å². The van der Waals surface area contributed by atoms with Crippen LogP contribution in [0.3, 0.4) is 0 Å². The van der Waals surface area contributed by atoms with Crippen molar-refractivity contribution in [3.63, 3.8) is 0 Å². The van der Waals surface area contributed by atoms with Gasteiger partial charge < -0.3 is 15.0 Å². The molecule has 0 aliphatic carbocycles. The Labute approximate surface area is 147 Å². The van der Waals surface area contributed by atoms with Crippen molar-refractivity contribution in [1.82, 2.24) is 5.32 Å². The van der Waals surface area contributed by atoms with Crippen molar-refractivity contribution in [2.45, 2.75) is 25.8 Å². The number of carbonyl (C=O) groups excluding carboxylic acids is 2. The summed E-state index contributed by atoms with van der Waals surface area (Å²) in [5.74, 6) is 0.935. The Bertz CT molecular complexity index is 739. The molecule has 2 amide bonds. The quantitative estimate of drug-likeness (QED) is 0.881. The summed E-state index contributed by atoms with van der Waals surface area (Å²) in [5.41, 5.74) is 2.88. The van der Waals surface area contributed by atoms with Gasteiger partial charge in [0, 0.05) is 25.2 Å². The molecule has 0 bridgehead atoms. The normalized spacial score (nSPS) is 13.8. The van der Waals surface area contributed by atoms with Crippen molar-refractivity contribution < 1.29 is 14.3 Å². The van der Waals surface area contributed by atoms with Crippen LogP contribution in [-0.2, 0) is 22.6 Å². The summed E-state index contributed by atoms with van der Waals surface area (Å²) in [6.45, 7) is 1.26. The number of amides is 2. The molecule has 0 unspecified atom stereocenters. The number of rotatable bonds is 6. The molecule has 5 nitrogen and oxygen atoms in total. The topological polar surface area (TPSA) is 58.6 Å². The minimum absolute atomic E-state index is 0.0241. The van der Waals surface area contributed by atoms with E-state index in [1.54, 1.807) is 7.11 Å². The summed E-state index contributed by atoms with van der Waals surface area (Å²) >= 11 is 0. The monoisotopic (exact) mass is 338 g/mol. The van der Waals surface area contributed by atoms with Gasteiger partial charge in [0.05, 0.1) is 13.5 Å². The maximum Gasteiger partial charge on any atom is 0.227 e. The molecule has 0 radical (unpaired) electrons. The van der Waals surface area contributed by atoms with Gasteiger partial charge in [0.25, 0.3) is 0 Å². The third kappa shape index (κ3) is 4.38. The zero-order chi connectivity index (χ0) is 17.6. The zero-order valence-electron chi connectivity index (χ0n) is 14.3. The average Bonchev–Trinajstić information content (AvgIpc) is 3.07. The molecule has 25 heavy (non-hydrogen) atoms. The predicted octanol–water partition coefficient (Wildman–Crippen LogP) is 2.68. The number of ether oxygens (including phenoxy) is 1. The van der Waals surface area contributed by atoms with Gasteiger partial charge in [0.15, 0.2) is 0 Å². The highest BCUT2D eigenvalue weighted by atomic mass is 16.5. The lowest BCUT2D eigenvalue weighted by atomic mass is 10.1. The van der Waals surface area contributed by atoms with Crippen LogP contribution >= 0.6 is 0 Å². The first-order valence-corrected chi connectivity index (χ1v) is 8.44. The fourth-order valence-corrected chi connectivity index (χ4v) is 2.91. The van der Waals surface area contributed by atoms with Crippen molar-refractivity contribution in [2.24, 2.45) is 0 Å². The van der Waals surface area contributed by atoms with E-state index >= 15 is 0 Å². The second-order valence-electron chi connectivity index (χ2n) is 6.12. The van der Waals surface area contributed by atoms with Crippen LogP contribution in [0.1, 0.15) is 24.0 Å². The van der Waals surface area contributed by atoms with Crippen molar-refractivity contribution in [3.05, 3.63) is 59.7 Å². The van der Waals surface area contributed by atoms with Gasteiger partial charge >= 0.3 is 0 Å². The van der Waals surface area contributed by atoms with Crippen molar-refractivity contribution in [1.29, 1.82) is 0 Å². The molecule has 0 saturated carbocycles. The molecular formula is C20H22N2O3. The summed E-state index contributed by atoms with van der Waals surface area (Å²) in [5, 5.41) is 2.92. The van der Waals surface area contributed by atoms with Crippen LogP contribution in [-0.4, -0.2) is 25.5 Å². The molecule has 2 aromatic carbocycles. The van der Waals surface area contributed by atoms with Gasteiger partial charge in [0.1, 0.15) is 5.75 Å². The van der Waals surface area contributed by atoms with E-state index in [0.29, 0.717) is 19.4 Å². The fourth-order valence-electron chi connectivity index (χ4n) is 2.91. The predicted molar refractivity (Wildman–Crippen MR) is 96.6 cm³/mol. The molecule has 1 fully saturated rings. The maximum atomic E-state index is 12.1. The highest BCUT2D eigenvalue weighted by Crippen LogP contribution is 2.21. The molecule has 2 aromatic rings. The first-order valence-electron chi connectivity index (χ1n) is 8.44. The lowest BCUT2D eigenvalue weighted by Gasteiger charge is -2.16. The van der Waals surface area contributed by atoms with Gasteiger partial charge in [0.2, 0.25) is 11.8 Å². The molecule has 130 valence electrons. The molecule has 0 atom stereocenters. The number of methoxy groups -OCH3 is 1. The third-order valence-electron chi connectivity index (χ3n) is 4.33. The van der Waals surface area contributed by atoms with E-state index in [-0.39, 0.29) is 11.8 Å². The standard InChI is InChI=1S/C20H22N2O3/c1-25-18-10-6-15(7-11-18)13-19(23)21-14-16-4-8-17(9-5-16)22-12-2-3-20(22)24/h4-11H,2-3,12-14H2,1H3,(H,21,23). The minimum Gasteiger partial charge on any atom is -0.497 e. The summed E-state index contributed by atoms with van der Waals surface area (Å²) in [6, 6.07) is 15.3. The number of nitrogens with zero attached hydrogens (tertiary/aromatic N) is 1. The smallest absolute Gasteiger partial charge is 0.227 e. The van der Waals surface area contributed by atoms with Crippen LogP contribution in [0.4, 0.5) is 5.69 Å². The molecule has 1 aliphatic heterocycles. The van der Waals surface area contributed by atoms with E-state index in [0.717, 1.165) is 35.5 Å². The van der Waals surface area contributed by atoms with Crippen LogP contribution in [0.5, 0.6) is 5.75 Å². The molecule has 1 heterocycles. The van der Waals surface area contributed by atoms with Gasteiger partial charge in [-0.1, -0.05) is 24.3 Å². The van der Waals surface area contributed by atoms with Gasteiger partial charge in [-0.15, -0.1) is 0 Å². The second-order valence-corrected chi connectivity index (χ2v) is 6.12. The Hall–Kier alpha value is -2.82. The number of nitrogens with one attached hydrogen (secondary N) is 1. The van der Waals surface area contributed by atoms with Crippen LogP contribution in [0.15, 0.2) is 48.5 Å². The fraction of sp³-hybridized carbons (Fsp3) is 0.300. The molecule has 1 saturated heterocycles. The van der Waals surface area contributed by atoms with E-state index in [4.69, 9.17) is 4.74 Å². The summed E-state index contributed by atoms with van der Waals surface area (Å²) in [6.07, 6.45) is 1.88. The molecule has 0 spiro atoms. The first-order chi connectivity index (χ1) is 12.2. The molecule has 3 rings (SSSR count). The summed E-state index contributed by atoms with van der Waals surface area (Å²) < 4.78 is 5.11. The zero-order valence-corrected chi connectivity index (χ0v) is 14.3. The van der Waals surface area contributed by atoms with E-state index in [1.807, 2.05) is 53.4 Å². The van der Waals surface area contributed by atoms with Gasteiger partial charge in [-0.3, -0.25) is 9.59 Å². The maximum absolute atomic E-state index is 12.1. The van der Waals surface area contributed by atoms with E-state index in [9.17, 15) is 9.59 Å². The average molecular weight is 338 g/mol. The van der Waals surface area contributed by atoms with E-state index in [2.05, 4.69) is 5.32 Å². The summed E-state index contributed by atoms with van der Waals surface area (Å²) in [7, 11) is 1.62. The van der Waals surface area contributed by atoms with Crippen molar-refractivity contribution in [3.8, 4) is 5.75 Å². The number of benzene rings is 2. The van der Waals surface area contributed by atoms with Crippen molar-refractivity contribution in [2.75, 3.05) is 18.6 Å². The van der Waals surface area contributed by atoms with Crippen LogP contribution in [0.2, 0.25) is 0 Å². The molecule has 1 aliphatic rings. The SMILES string of the molecule is COc1ccc(CC(=O)NCc2ccc(N3CCCC3=O)cc2)cc1. The first kappa shape index (κ1) is 17.0. The lowest BCUT2D eigenvalue weighted by molar-refractivity contribution is -0.120. The van der Waals surface area contributed by atoms with Crippen LogP contribution in [0, 0.1) is 0 Å². The number of carbonyl (C=O) groups is 2. The minimum atomic E-state index is -0.0241. The largest absolute Gasteiger partial charge is 0.497 e. The molecule has 5 heteroatoms. The third-order valence-corrected chi connectivity index (χ3v) is 4.33. The van der Waals surface area contributed by atoms with Crippen LogP contribution in [0.25, 0.3) is 0 Å². The van der Waals surface area contributed by atoms with Gasteiger partial charge in [-0.05, 0) is 41.8 Å². The molecular weight excluding hydrogens is 316 g/mol. The second kappa shape index (κ2) is 7.83. The molecule has 0 aromatic heterocycles. The highest BCUT2D eigenvalue weighted by molar-refractivity contribution is 5.95. The Morgan fingerprint density at radius 1 is 1.08 bits per heavy atom. The number of hydrogen-bond acceptors (Lipinski definition) is 3. The Kier molecular flexibility index (Phi) is 5.33.